The Morgan fingerprint density at radius 2 is 1.88 bits per heavy atom. The van der Waals surface area contributed by atoms with Crippen molar-refractivity contribution in [2.75, 3.05) is 14.2 Å². The lowest BCUT2D eigenvalue weighted by atomic mass is 10.2. The maximum atomic E-state index is 12.2. The summed E-state index contributed by atoms with van der Waals surface area (Å²) in [7, 11) is 2.86. The number of methoxy groups -OCH3 is 2. The number of fused-ring (bicyclic) bond motifs is 1. The van der Waals surface area contributed by atoms with Gasteiger partial charge in [-0.15, -0.1) is 0 Å². The molecule has 7 nitrogen and oxygen atoms in total. The van der Waals surface area contributed by atoms with Crippen LogP contribution in [0, 0.1) is 0 Å². The van der Waals surface area contributed by atoms with Gasteiger partial charge in [0.25, 0.3) is 0 Å². The molecule has 26 heavy (non-hydrogen) atoms. The van der Waals surface area contributed by atoms with Gasteiger partial charge in [-0.2, -0.15) is 5.10 Å². The van der Waals surface area contributed by atoms with Gasteiger partial charge in [-0.3, -0.25) is 4.79 Å². The number of ether oxygens (including phenoxy) is 2. The number of phenols is 1. The zero-order chi connectivity index (χ0) is 18.7. The number of carbonyl (C=O) groups excluding carboxylic acids is 1. The zero-order valence-corrected chi connectivity index (χ0v) is 15.5. The third-order valence-corrected chi connectivity index (χ3v) is 4.08. The molecule has 2 N–H and O–H groups in total. The molecule has 3 aromatic rings. The smallest absolute Gasteiger partial charge is 0.307 e. The summed E-state index contributed by atoms with van der Waals surface area (Å²) in [6.07, 6.45) is 1.40. The van der Waals surface area contributed by atoms with Crippen molar-refractivity contribution in [1.29, 1.82) is 0 Å². The Labute approximate surface area is 157 Å². The van der Waals surface area contributed by atoms with E-state index in [0.717, 1.165) is 9.86 Å². The van der Waals surface area contributed by atoms with Crippen LogP contribution in [0.4, 0.5) is 0 Å². The molecule has 0 aliphatic heterocycles. The summed E-state index contributed by atoms with van der Waals surface area (Å²) in [4.78, 5) is 12.2. The van der Waals surface area contributed by atoms with Gasteiger partial charge in [0.15, 0.2) is 17.3 Å². The highest BCUT2D eigenvalue weighted by Crippen LogP contribution is 2.36. The molecule has 1 aromatic heterocycles. The molecule has 0 saturated heterocycles. The molecule has 0 saturated carbocycles. The van der Waals surface area contributed by atoms with Crippen LogP contribution in [0.1, 0.15) is 16.1 Å². The molecular formula is C18H15BrN2O5. The average molecular weight is 419 g/mol. The monoisotopic (exact) mass is 418 g/mol. The Morgan fingerprint density at radius 3 is 2.54 bits per heavy atom. The lowest BCUT2D eigenvalue weighted by molar-refractivity contribution is 0.0929. The first-order chi connectivity index (χ1) is 12.5. The van der Waals surface area contributed by atoms with Crippen molar-refractivity contribution >= 4 is 39.0 Å². The Bertz CT molecular complexity index is 971. The Morgan fingerprint density at radius 1 is 1.19 bits per heavy atom. The van der Waals surface area contributed by atoms with Crippen LogP contribution in [0.25, 0.3) is 11.0 Å². The molecule has 0 aliphatic carbocycles. The summed E-state index contributed by atoms with van der Waals surface area (Å²) in [5.41, 5.74) is 3.57. The number of hydrogen-bond acceptors (Lipinski definition) is 6. The normalized spacial score (nSPS) is 11.0. The molecule has 2 aromatic carbocycles. The number of furan rings is 1. The quantitative estimate of drug-likeness (QED) is 0.486. The zero-order valence-electron chi connectivity index (χ0n) is 13.9. The second-order valence-electron chi connectivity index (χ2n) is 5.27. The molecule has 0 aliphatic rings. The van der Waals surface area contributed by atoms with Crippen LogP contribution in [0.15, 0.2) is 50.4 Å². The van der Waals surface area contributed by atoms with Crippen molar-refractivity contribution in [3.05, 3.63) is 52.2 Å². The maximum absolute atomic E-state index is 12.2. The first-order valence-electron chi connectivity index (χ1n) is 7.49. The van der Waals surface area contributed by atoms with E-state index in [1.165, 1.54) is 20.4 Å². The minimum Gasteiger partial charge on any atom is -0.502 e. The number of aromatic hydroxyl groups is 1. The maximum Gasteiger partial charge on any atom is 0.307 e. The van der Waals surface area contributed by atoms with Gasteiger partial charge in [0, 0.05) is 15.4 Å². The number of rotatable bonds is 5. The van der Waals surface area contributed by atoms with Crippen LogP contribution in [-0.2, 0) is 0 Å². The van der Waals surface area contributed by atoms with Gasteiger partial charge in [0.05, 0.1) is 20.4 Å². The van der Waals surface area contributed by atoms with Crippen molar-refractivity contribution in [1.82, 2.24) is 5.43 Å². The van der Waals surface area contributed by atoms with Gasteiger partial charge in [0.1, 0.15) is 5.58 Å². The molecule has 134 valence electrons. The first-order valence-corrected chi connectivity index (χ1v) is 8.28. The average Bonchev–Trinajstić information content (AvgIpc) is 3.05. The standard InChI is InChI=1S/C18H15BrN2O5/c1-24-14-5-10(6-15(25-2)17(14)22)9-20-21-18(23)16-8-11-7-12(19)3-4-13(11)26-16/h3-9,22H,1-2H3,(H,21,23)/b20-9+. The largest absolute Gasteiger partial charge is 0.502 e. The van der Waals surface area contributed by atoms with Crippen LogP contribution < -0.4 is 14.9 Å². The van der Waals surface area contributed by atoms with E-state index >= 15 is 0 Å². The van der Waals surface area contributed by atoms with E-state index < -0.39 is 5.91 Å². The van der Waals surface area contributed by atoms with Crippen molar-refractivity contribution in [3.63, 3.8) is 0 Å². The summed E-state index contributed by atoms with van der Waals surface area (Å²) < 4.78 is 16.5. The van der Waals surface area contributed by atoms with Crippen molar-refractivity contribution in [2.24, 2.45) is 5.10 Å². The van der Waals surface area contributed by atoms with E-state index in [1.807, 2.05) is 12.1 Å². The molecule has 0 radical (unpaired) electrons. The fourth-order valence-electron chi connectivity index (χ4n) is 2.33. The fraction of sp³-hybridized carbons (Fsp3) is 0.111. The van der Waals surface area contributed by atoms with Crippen molar-refractivity contribution in [2.45, 2.75) is 0 Å². The summed E-state index contributed by atoms with van der Waals surface area (Å²) in [6, 6.07) is 10.2. The predicted molar refractivity (Wildman–Crippen MR) is 100 cm³/mol. The van der Waals surface area contributed by atoms with E-state index in [4.69, 9.17) is 13.9 Å². The third kappa shape index (κ3) is 3.65. The number of halogens is 1. The topological polar surface area (TPSA) is 93.3 Å². The summed E-state index contributed by atoms with van der Waals surface area (Å²) in [5, 5.41) is 14.6. The van der Waals surface area contributed by atoms with E-state index in [0.29, 0.717) is 11.1 Å². The molecule has 0 spiro atoms. The van der Waals surface area contributed by atoms with Crippen LogP contribution in [-0.4, -0.2) is 31.4 Å². The van der Waals surface area contributed by atoms with E-state index in [9.17, 15) is 9.90 Å². The van der Waals surface area contributed by atoms with Gasteiger partial charge in [-0.05, 0) is 36.4 Å². The molecule has 0 fully saturated rings. The summed E-state index contributed by atoms with van der Waals surface area (Å²) >= 11 is 3.37. The van der Waals surface area contributed by atoms with Gasteiger partial charge in [-0.25, -0.2) is 5.43 Å². The summed E-state index contributed by atoms with van der Waals surface area (Å²) in [6.45, 7) is 0. The lowest BCUT2D eigenvalue weighted by Gasteiger charge is -2.09. The van der Waals surface area contributed by atoms with Crippen LogP contribution in [0.3, 0.4) is 0 Å². The Kier molecular flexibility index (Phi) is 5.13. The third-order valence-electron chi connectivity index (χ3n) is 3.58. The SMILES string of the molecule is COc1cc(/C=N/NC(=O)c2cc3cc(Br)ccc3o2)cc(OC)c1O. The molecule has 0 atom stereocenters. The second-order valence-corrected chi connectivity index (χ2v) is 6.18. The van der Waals surface area contributed by atoms with Gasteiger partial charge in [-0.1, -0.05) is 15.9 Å². The number of hydrazone groups is 1. The van der Waals surface area contributed by atoms with Gasteiger partial charge < -0.3 is 19.0 Å². The molecule has 1 amide bonds. The fourth-order valence-corrected chi connectivity index (χ4v) is 2.71. The lowest BCUT2D eigenvalue weighted by Crippen LogP contribution is -2.16. The number of nitrogens with zero attached hydrogens (tertiary/aromatic N) is 1. The second kappa shape index (κ2) is 7.49. The highest BCUT2D eigenvalue weighted by Gasteiger charge is 2.12. The van der Waals surface area contributed by atoms with Crippen LogP contribution in [0.2, 0.25) is 0 Å². The highest BCUT2D eigenvalue weighted by atomic mass is 79.9. The van der Waals surface area contributed by atoms with E-state index in [2.05, 4.69) is 26.5 Å². The first kappa shape index (κ1) is 17.8. The minimum absolute atomic E-state index is 0.107. The molecule has 0 bridgehead atoms. The predicted octanol–water partition coefficient (Wildman–Crippen LogP) is 3.68. The number of hydrogen-bond donors (Lipinski definition) is 2. The number of phenolic OH excluding ortho intramolecular Hbond substituents is 1. The molecule has 8 heteroatoms. The van der Waals surface area contributed by atoms with E-state index in [1.54, 1.807) is 24.3 Å². The van der Waals surface area contributed by atoms with Gasteiger partial charge >= 0.3 is 5.91 Å². The molecule has 0 unspecified atom stereocenters. The Balaban J connectivity index is 1.76. The van der Waals surface area contributed by atoms with Crippen LogP contribution in [0.5, 0.6) is 17.2 Å². The number of nitrogens with one attached hydrogen (secondary N) is 1. The summed E-state index contributed by atoms with van der Waals surface area (Å²) in [5.74, 6) is 0.0343. The minimum atomic E-state index is -0.480. The van der Waals surface area contributed by atoms with Gasteiger partial charge in [0.2, 0.25) is 5.75 Å². The number of benzene rings is 2. The van der Waals surface area contributed by atoms with E-state index in [-0.39, 0.29) is 23.0 Å². The molecule has 1 heterocycles. The Hall–Kier alpha value is -3.00. The number of amides is 1. The molecule has 3 rings (SSSR count). The number of carbonyl (C=O) groups is 1. The van der Waals surface area contributed by atoms with Crippen molar-refractivity contribution < 1.29 is 23.8 Å². The molecular weight excluding hydrogens is 404 g/mol. The highest BCUT2D eigenvalue weighted by molar-refractivity contribution is 9.10. The van der Waals surface area contributed by atoms with Crippen LogP contribution >= 0.6 is 15.9 Å². The van der Waals surface area contributed by atoms with Crippen molar-refractivity contribution in [3.8, 4) is 17.2 Å².